The third kappa shape index (κ3) is 4.49. The minimum Gasteiger partial charge on any atom is -0.449 e. The van der Waals surface area contributed by atoms with E-state index in [0.29, 0.717) is 59.1 Å². The van der Waals surface area contributed by atoms with Gasteiger partial charge in [-0.05, 0) is 6.42 Å². The van der Waals surface area contributed by atoms with Gasteiger partial charge in [0.25, 0.3) is 0 Å². The summed E-state index contributed by atoms with van der Waals surface area (Å²) >= 11 is 0. The number of amides is 3. The molecule has 2 fully saturated rings. The molecule has 2 heterocycles. The molecule has 2 rings (SSSR count). The lowest BCUT2D eigenvalue weighted by Gasteiger charge is -2.38. The smallest absolute Gasteiger partial charge is 0.409 e. The van der Waals surface area contributed by atoms with Gasteiger partial charge in [-0.1, -0.05) is 13.3 Å². The summed E-state index contributed by atoms with van der Waals surface area (Å²) in [6.45, 7) is 7.27. The van der Waals surface area contributed by atoms with Crippen molar-refractivity contribution in [3.63, 3.8) is 0 Å². The Kier molecular flexibility index (Phi) is 6.10. The van der Waals surface area contributed by atoms with Crippen molar-refractivity contribution >= 4 is 12.1 Å². The maximum Gasteiger partial charge on any atom is 0.409 e. The van der Waals surface area contributed by atoms with Gasteiger partial charge in [-0.3, -0.25) is 0 Å². The fraction of sp³-hybridized carbons (Fsp3) is 0.857. The minimum atomic E-state index is -0.262. The Balaban J connectivity index is 1.72. The van der Waals surface area contributed by atoms with Crippen LogP contribution in [0.15, 0.2) is 0 Å². The third-order valence-corrected chi connectivity index (χ3v) is 3.81. The topological polar surface area (TPSA) is 62.3 Å². The van der Waals surface area contributed by atoms with Crippen LogP contribution in [0.1, 0.15) is 19.8 Å². The van der Waals surface area contributed by atoms with Crippen molar-refractivity contribution in [2.75, 3.05) is 59.1 Å². The normalized spacial score (nSPS) is 19.6. The van der Waals surface area contributed by atoms with E-state index in [-0.39, 0.29) is 12.1 Å². The highest BCUT2D eigenvalue weighted by molar-refractivity contribution is 5.75. The molecule has 0 atom stereocenters. The second-order valence-electron chi connectivity index (χ2n) is 5.32. The standard InChI is InChI=1S/C14H25N3O4/c1-2-3-10-21-14(19)17-6-4-15(5-7-17)13(18)16-8-11-20-12-9-16/h2-12H2,1H3. The number of hydrogen-bond acceptors (Lipinski definition) is 4. The van der Waals surface area contributed by atoms with E-state index in [9.17, 15) is 9.59 Å². The third-order valence-electron chi connectivity index (χ3n) is 3.81. The van der Waals surface area contributed by atoms with Gasteiger partial charge in [0.05, 0.1) is 19.8 Å². The van der Waals surface area contributed by atoms with Crippen molar-refractivity contribution < 1.29 is 19.1 Å². The van der Waals surface area contributed by atoms with Crippen LogP contribution < -0.4 is 0 Å². The predicted octanol–water partition coefficient (Wildman–Crippen LogP) is 0.993. The summed E-state index contributed by atoms with van der Waals surface area (Å²) in [5.41, 5.74) is 0. The van der Waals surface area contributed by atoms with Crippen LogP contribution in [0.4, 0.5) is 9.59 Å². The lowest BCUT2D eigenvalue weighted by molar-refractivity contribution is 0.0358. The molecule has 0 aromatic heterocycles. The monoisotopic (exact) mass is 299 g/mol. The summed E-state index contributed by atoms with van der Waals surface area (Å²) < 4.78 is 10.4. The number of rotatable bonds is 3. The zero-order chi connectivity index (χ0) is 15.1. The highest BCUT2D eigenvalue weighted by Crippen LogP contribution is 2.09. The van der Waals surface area contributed by atoms with Crippen LogP contribution in [0, 0.1) is 0 Å². The van der Waals surface area contributed by atoms with E-state index in [4.69, 9.17) is 9.47 Å². The number of morpholine rings is 1. The van der Waals surface area contributed by atoms with E-state index < -0.39 is 0 Å². The van der Waals surface area contributed by atoms with Crippen LogP contribution in [0.2, 0.25) is 0 Å². The Morgan fingerprint density at radius 2 is 1.52 bits per heavy atom. The highest BCUT2D eigenvalue weighted by atomic mass is 16.6. The van der Waals surface area contributed by atoms with Crippen LogP contribution in [-0.2, 0) is 9.47 Å². The molecule has 2 saturated heterocycles. The number of urea groups is 1. The van der Waals surface area contributed by atoms with Gasteiger partial charge in [-0.25, -0.2) is 9.59 Å². The van der Waals surface area contributed by atoms with Crippen LogP contribution >= 0.6 is 0 Å². The summed E-state index contributed by atoms with van der Waals surface area (Å²) in [7, 11) is 0. The maximum absolute atomic E-state index is 12.3. The molecule has 0 bridgehead atoms. The van der Waals surface area contributed by atoms with E-state index in [2.05, 4.69) is 6.92 Å². The molecule has 0 N–H and O–H groups in total. The van der Waals surface area contributed by atoms with Crippen molar-refractivity contribution in [1.29, 1.82) is 0 Å². The molecule has 21 heavy (non-hydrogen) atoms. The molecule has 120 valence electrons. The molecular weight excluding hydrogens is 274 g/mol. The largest absolute Gasteiger partial charge is 0.449 e. The van der Waals surface area contributed by atoms with Gasteiger partial charge in [0.2, 0.25) is 0 Å². The van der Waals surface area contributed by atoms with Crippen molar-refractivity contribution in [2.24, 2.45) is 0 Å². The van der Waals surface area contributed by atoms with E-state index >= 15 is 0 Å². The Morgan fingerprint density at radius 3 is 2.14 bits per heavy atom. The molecule has 0 spiro atoms. The van der Waals surface area contributed by atoms with Gasteiger partial charge in [0.1, 0.15) is 0 Å². The Bertz CT molecular complexity index is 350. The first-order valence-electron chi connectivity index (χ1n) is 7.75. The SMILES string of the molecule is CCCCOC(=O)N1CCN(C(=O)N2CCOCC2)CC1. The summed E-state index contributed by atoms with van der Waals surface area (Å²) in [5, 5.41) is 0. The molecule has 0 aromatic rings. The predicted molar refractivity (Wildman–Crippen MR) is 77.2 cm³/mol. The van der Waals surface area contributed by atoms with Gasteiger partial charge in [0, 0.05) is 39.3 Å². The second kappa shape index (κ2) is 8.07. The maximum atomic E-state index is 12.3. The molecule has 2 aliphatic rings. The first-order valence-corrected chi connectivity index (χ1v) is 7.75. The number of ether oxygens (including phenoxy) is 2. The van der Waals surface area contributed by atoms with E-state index in [0.717, 1.165) is 12.8 Å². The van der Waals surface area contributed by atoms with Crippen molar-refractivity contribution in [2.45, 2.75) is 19.8 Å². The Labute approximate surface area is 125 Å². The lowest BCUT2D eigenvalue weighted by Crippen LogP contribution is -2.55. The molecule has 0 aliphatic carbocycles. The number of piperazine rings is 1. The number of unbranched alkanes of at least 4 members (excludes halogenated alkanes) is 1. The van der Waals surface area contributed by atoms with Crippen molar-refractivity contribution in [3.05, 3.63) is 0 Å². The first-order chi connectivity index (χ1) is 10.2. The van der Waals surface area contributed by atoms with Crippen LogP contribution in [0.3, 0.4) is 0 Å². The summed E-state index contributed by atoms with van der Waals surface area (Å²) in [6, 6.07) is 0.0531. The Morgan fingerprint density at radius 1 is 0.952 bits per heavy atom. The fourth-order valence-electron chi connectivity index (χ4n) is 2.43. The average molecular weight is 299 g/mol. The number of carbonyl (C=O) groups excluding carboxylic acids is 2. The van der Waals surface area contributed by atoms with Crippen molar-refractivity contribution in [3.8, 4) is 0 Å². The molecule has 0 saturated carbocycles. The summed E-state index contributed by atoms with van der Waals surface area (Å²) in [5.74, 6) is 0. The zero-order valence-corrected chi connectivity index (χ0v) is 12.8. The molecule has 7 nitrogen and oxygen atoms in total. The van der Waals surface area contributed by atoms with E-state index in [1.165, 1.54) is 0 Å². The molecule has 2 aliphatic heterocycles. The minimum absolute atomic E-state index is 0.0531. The van der Waals surface area contributed by atoms with Gasteiger partial charge in [-0.15, -0.1) is 0 Å². The van der Waals surface area contributed by atoms with Gasteiger partial charge < -0.3 is 24.2 Å². The zero-order valence-electron chi connectivity index (χ0n) is 12.8. The van der Waals surface area contributed by atoms with E-state index in [1.807, 2.05) is 4.90 Å². The lowest BCUT2D eigenvalue weighted by atomic mass is 10.3. The van der Waals surface area contributed by atoms with Crippen LogP contribution in [-0.4, -0.2) is 85.9 Å². The summed E-state index contributed by atoms with van der Waals surface area (Å²) in [4.78, 5) is 29.4. The number of carbonyl (C=O) groups is 2. The number of hydrogen-bond donors (Lipinski definition) is 0. The van der Waals surface area contributed by atoms with Crippen LogP contribution in [0.5, 0.6) is 0 Å². The summed E-state index contributed by atoms with van der Waals surface area (Å²) in [6.07, 6.45) is 1.64. The first kappa shape index (κ1) is 15.9. The average Bonchev–Trinajstić information content (AvgIpc) is 2.55. The molecule has 0 unspecified atom stereocenters. The van der Waals surface area contributed by atoms with Gasteiger partial charge in [-0.2, -0.15) is 0 Å². The molecule has 7 heteroatoms. The quantitative estimate of drug-likeness (QED) is 0.729. The molecule has 3 amide bonds. The van der Waals surface area contributed by atoms with E-state index in [1.54, 1.807) is 9.80 Å². The molecule has 0 aromatic carbocycles. The molecule has 0 radical (unpaired) electrons. The van der Waals surface area contributed by atoms with Crippen LogP contribution in [0.25, 0.3) is 0 Å². The fourth-order valence-corrected chi connectivity index (χ4v) is 2.43. The van der Waals surface area contributed by atoms with Crippen molar-refractivity contribution in [1.82, 2.24) is 14.7 Å². The highest BCUT2D eigenvalue weighted by Gasteiger charge is 2.28. The second-order valence-corrected chi connectivity index (χ2v) is 5.32. The van der Waals surface area contributed by atoms with Gasteiger partial charge in [0.15, 0.2) is 0 Å². The number of nitrogens with zero attached hydrogens (tertiary/aromatic N) is 3. The Hall–Kier alpha value is -1.50. The van der Waals surface area contributed by atoms with Gasteiger partial charge >= 0.3 is 12.1 Å². The molecular formula is C14H25N3O4.